The van der Waals surface area contributed by atoms with Crippen LogP contribution in [0.15, 0.2) is 18.2 Å². The predicted molar refractivity (Wildman–Crippen MR) is 87.4 cm³/mol. The molecule has 5 rings (SSSR count). The molecule has 1 heterocycles. The average Bonchev–Trinajstić information content (AvgIpc) is 3.14. The summed E-state index contributed by atoms with van der Waals surface area (Å²) in [7, 11) is 0. The van der Waals surface area contributed by atoms with Gasteiger partial charge in [0.15, 0.2) is 5.79 Å². The largest absolute Gasteiger partial charge is 0.508 e. The van der Waals surface area contributed by atoms with E-state index in [1.807, 2.05) is 12.1 Å². The van der Waals surface area contributed by atoms with Crippen LogP contribution in [0, 0.1) is 17.3 Å². The Bertz CT molecular complexity index is 634. The fourth-order valence-electron chi connectivity index (χ4n) is 6.45. The summed E-state index contributed by atoms with van der Waals surface area (Å²) in [5.74, 6) is 2.24. The molecule has 0 unspecified atom stereocenters. The van der Waals surface area contributed by atoms with Crippen molar-refractivity contribution in [2.75, 3.05) is 13.2 Å². The zero-order valence-electron chi connectivity index (χ0n) is 13.9. The molecule has 1 aromatic rings. The van der Waals surface area contributed by atoms with Gasteiger partial charge >= 0.3 is 0 Å². The van der Waals surface area contributed by atoms with Crippen molar-refractivity contribution >= 4 is 0 Å². The van der Waals surface area contributed by atoms with Gasteiger partial charge in [-0.3, -0.25) is 0 Å². The maximum Gasteiger partial charge on any atom is 0.174 e. The molecule has 0 aromatic heterocycles. The van der Waals surface area contributed by atoms with E-state index in [1.54, 1.807) is 0 Å². The van der Waals surface area contributed by atoms with E-state index in [-0.39, 0.29) is 11.2 Å². The number of hydrogen-bond acceptors (Lipinski definition) is 3. The van der Waals surface area contributed by atoms with Crippen LogP contribution >= 0.6 is 0 Å². The fraction of sp³-hybridized carbons (Fsp3) is 0.700. The summed E-state index contributed by atoms with van der Waals surface area (Å²) in [6, 6.07) is 6.03. The third-order valence-corrected chi connectivity index (χ3v) is 7.51. The minimum Gasteiger partial charge on any atom is -0.508 e. The SMILES string of the molecule is C[C@]12CC[C@@H]3c4ccc(O)cc4CC[C@H]3[C@@H]1CCC21OCCO1. The number of hydrogen-bond donors (Lipinski definition) is 1. The Morgan fingerprint density at radius 3 is 2.74 bits per heavy atom. The molecular weight excluding hydrogens is 288 g/mol. The van der Waals surface area contributed by atoms with Crippen LogP contribution in [-0.2, 0) is 15.9 Å². The lowest BCUT2D eigenvalue weighted by Crippen LogP contribution is -2.51. The molecule has 3 nitrogen and oxygen atoms in total. The maximum absolute atomic E-state index is 9.78. The van der Waals surface area contributed by atoms with Crippen LogP contribution < -0.4 is 0 Å². The lowest BCUT2D eigenvalue weighted by molar-refractivity contribution is -0.237. The number of rotatable bonds is 0. The van der Waals surface area contributed by atoms with Gasteiger partial charge < -0.3 is 14.6 Å². The molecule has 0 bridgehead atoms. The minimum atomic E-state index is -0.294. The van der Waals surface area contributed by atoms with E-state index in [2.05, 4.69) is 13.0 Å². The highest BCUT2D eigenvalue weighted by molar-refractivity contribution is 5.40. The maximum atomic E-state index is 9.78. The second-order valence-electron chi connectivity index (χ2n) is 8.24. The van der Waals surface area contributed by atoms with Gasteiger partial charge in [0.05, 0.1) is 13.2 Å². The van der Waals surface area contributed by atoms with Crippen LogP contribution in [0.2, 0.25) is 0 Å². The smallest absolute Gasteiger partial charge is 0.174 e. The summed E-state index contributed by atoms with van der Waals surface area (Å²) in [5.41, 5.74) is 3.05. The molecule has 0 amide bonds. The Hall–Kier alpha value is -1.06. The van der Waals surface area contributed by atoms with Crippen molar-refractivity contribution in [3.8, 4) is 5.75 Å². The number of aryl methyl sites for hydroxylation is 1. The monoisotopic (exact) mass is 314 g/mol. The van der Waals surface area contributed by atoms with E-state index in [0.717, 1.165) is 32.0 Å². The second-order valence-corrected chi connectivity index (χ2v) is 8.24. The summed E-state index contributed by atoms with van der Waals surface area (Å²) < 4.78 is 12.4. The number of ether oxygens (including phenoxy) is 2. The van der Waals surface area contributed by atoms with Gasteiger partial charge in [0.25, 0.3) is 0 Å². The summed E-state index contributed by atoms with van der Waals surface area (Å²) in [5, 5.41) is 9.78. The Balaban J connectivity index is 1.51. The van der Waals surface area contributed by atoms with Gasteiger partial charge in [-0.1, -0.05) is 13.0 Å². The fourth-order valence-corrected chi connectivity index (χ4v) is 6.45. The number of phenols is 1. The highest BCUT2D eigenvalue weighted by Gasteiger charge is 2.64. The summed E-state index contributed by atoms with van der Waals surface area (Å²) >= 11 is 0. The molecule has 4 aliphatic rings. The average molecular weight is 314 g/mol. The van der Waals surface area contributed by atoms with E-state index >= 15 is 0 Å². The second kappa shape index (κ2) is 4.73. The van der Waals surface area contributed by atoms with E-state index < -0.39 is 0 Å². The number of phenolic OH excluding ortho intramolecular Hbond substituents is 1. The van der Waals surface area contributed by atoms with Crippen molar-refractivity contribution < 1.29 is 14.6 Å². The van der Waals surface area contributed by atoms with Crippen molar-refractivity contribution in [2.24, 2.45) is 17.3 Å². The molecule has 0 radical (unpaired) electrons. The van der Waals surface area contributed by atoms with E-state index in [9.17, 15) is 5.11 Å². The van der Waals surface area contributed by atoms with Crippen molar-refractivity contribution in [3.63, 3.8) is 0 Å². The predicted octanol–water partition coefficient (Wildman–Crippen LogP) is 3.99. The molecule has 1 saturated heterocycles. The highest BCUT2D eigenvalue weighted by Crippen LogP contribution is 2.66. The van der Waals surface area contributed by atoms with Gasteiger partial charge in [0.1, 0.15) is 5.75 Å². The molecule has 1 N–H and O–H groups in total. The molecule has 1 aliphatic heterocycles. The third-order valence-electron chi connectivity index (χ3n) is 7.51. The lowest BCUT2D eigenvalue weighted by Gasteiger charge is -2.52. The third kappa shape index (κ3) is 1.78. The first-order chi connectivity index (χ1) is 11.1. The van der Waals surface area contributed by atoms with Gasteiger partial charge in [-0.15, -0.1) is 0 Å². The van der Waals surface area contributed by atoms with Gasteiger partial charge in [0, 0.05) is 11.8 Å². The van der Waals surface area contributed by atoms with Crippen molar-refractivity contribution in [3.05, 3.63) is 29.3 Å². The molecule has 1 spiro atoms. The van der Waals surface area contributed by atoms with E-state index in [4.69, 9.17) is 9.47 Å². The van der Waals surface area contributed by atoms with Crippen molar-refractivity contribution in [1.29, 1.82) is 0 Å². The highest BCUT2D eigenvalue weighted by atomic mass is 16.7. The molecular formula is C20H26O3. The first-order valence-corrected chi connectivity index (χ1v) is 9.23. The molecule has 3 heteroatoms. The normalized spacial score (nSPS) is 40.7. The summed E-state index contributed by atoms with van der Waals surface area (Å²) in [6.45, 7) is 3.95. The quantitative estimate of drug-likeness (QED) is 0.787. The molecule has 4 atom stereocenters. The minimum absolute atomic E-state index is 0.180. The van der Waals surface area contributed by atoms with Gasteiger partial charge in [-0.2, -0.15) is 0 Å². The number of benzene rings is 1. The number of fused-ring (bicyclic) bond motifs is 6. The van der Waals surface area contributed by atoms with Crippen molar-refractivity contribution in [1.82, 2.24) is 0 Å². The Labute approximate surface area is 138 Å². The zero-order chi connectivity index (χ0) is 15.7. The van der Waals surface area contributed by atoms with Crippen LogP contribution in [0.4, 0.5) is 0 Å². The standard InChI is InChI=1S/C20H26O3/c1-19-8-6-16-15-5-3-14(21)12-13(15)2-4-17(16)18(19)7-9-20(19)22-10-11-23-20/h3,5,12,16-18,21H,2,4,6-11H2,1H3/t16-,17-,18+,19+/m1/s1. The Morgan fingerprint density at radius 1 is 1.09 bits per heavy atom. The topological polar surface area (TPSA) is 38.7 Å². The van der Waals surface area contributed by atoms with Gasteiger partial charge in [-0.25, -0.2) is 0 Å². The van der Waals surface area contributed by atoms with Crippen LogP contribution in [0.1, 0.15) is 56.1 Å². The Kier molecular flexibility index (Phi) is 2.94. The Morgan fingerprint density at radius 2 is 1.91 bits per heavy atom. The first-order valence-electron chi connectivity index (χ1n) is 9.23. The lowest BCUT2D eigenvalue weighted by atomic mass is 9.55. The summed E-state index contributed by atoms with van der Waals surface area (Å²) in [4.78, 5) is 0. The van der Waals surface area contributed by atoms with Crippen LogP contribution in [0.25, 0.3) is 0 Å². The zero-order valence-corrected chi connectivity index (χ0v) is 13.9. The molecule has 124 valence electrons. The van der Waals surface area contributed by atoms with E-state index in [0.29, 0.717) is 17.6 Å². The molecule has 2 saturated carbocycles. The van der Waals surface area contributed by atoms with Crippen LogP contribution in [0.3, 0.4) is 0 Å². The van der Waals surface area contributed by atoms with Crippen molar-refractivity contribution in [2.45, 2.75) is 57.2 Å². The first kappa shape index (κ1) is 14.3. The van der Waals surface area contributed by atoms with Crippen LogP contribution in [0.5, 0.6) is 5.75 Å². The molecule has 23 heavy (non-hydrogen) atoms. The molecule has 3 fully saturated rings. The molecule has 3 aliphatic carbocycles. The van der Waals surface area contributed by atoms with E-state index in [1.165, 1.54) is 36.8 Å². The number of aromatic hydroxyl groups is 1. The summed E-state index contributed by atoms with van der Waals surface area (Å²) in [6.07, 6.45) is 7.08. The van der Waals surface area contributed by atoms with Gasteiger partial charge in [-0.05, 0) is 73.1 Å². The van der Waals surface area contributed by atoms with Gasteiger partial charge in [0.2, 0.25) is 0 Å². The molecule has 1 aromatic carbocycles. The van der Waals surface area contributed by atoms with Crippen LogP contribution in [-0.4, -0.2) is 24.1 Å².